The van der Waals surface area contributed by atoms with Crippen LogP contribution in [0.3, 0.4) is 0 Å². The summed E-state index contributed by atoms with van der Waals surface area (Å²) in [6.07, 6.45) is 8.18. The molecule has 0 aromatic rings. The topological polar surface area (TPSA) is 26.0 Å². The number of nitrogens with two attached hydrogens (primary N) is 1. The van der Waals surface area contributed by atoms with Crippen LogP contribution < -0.4 is 5.73 Å². The van der Waals surface area contributed by atoms with Crippen molar-refractivity contribution in [2.24, 2.45) is 11.7 Å². The van der Waals surface area contributed by atoms with Crippen LogP contribution in [0.5, 0.6) is 0 Å². The highest BCUT2D eigenvalue weighted by Gasteiger charge is 2.22. The molecule has 1 nitrogen and oxygen atoms in total. The Kier molecular flexibility index (Phi) is 2.29. The molecule has 0 spiro atoms. The van der Waals surface area contributed by atoms with E-state index in [9.17, 15) is 0 Å². The van der Waals surface area contributed by atoms with Gasteiger partial charge in [-0.3, -0.25) is 0 Å². The number of allylic oxidation sites excluding steroid dienone is 2. The van der Waals surface area contributed by atoms with E-state index < -0.39 is 0 Å². The molecule has 2 aliphatic carbocycles. The molecule has 0 aliphatic heterocycles. The maximum absolute atomic E-state index is 4.50. The molecule has 2 bridgehead atoms. The minimum Gasteiger partial charge on any atom is -0.333 e. The molecule has 1 unspecified atom stereocenters. The maximum Gasteiger partial charge on any atom is -0.0195 e. The van der Waals surface area contributed by atoms with Crippen molar-refractivity contribution in [1.82, 2.24) is 0 Å². The van der Waals surface area contributed by atoms with Crippen molar-refractivity contribution in [3.63, 3.8) is 0 Å². The van der Waals surface area contributed by atoms with E-state index in [0.29, 0.717) is 0 Å². The van der Waals surface area contributed by atoms with Crippen molar-refractivity contribution < 1.29 is 0 Å². The highest BCUT2D eigenvalue weighted by Crippen LogP contribution is 2.38. The zero-order chi connectivity index (χ0) is 6.69. The van der Waals surface area contributed by atoms with Crippen molar-refractivity contribution >= 4 is 0 Å². The highest BCUT2D eigenvalue weighted by atomic mass is 14.4. The molecule has 1 fully saturated rings. The van der Waals surface area contributed by atoms with Gasteiger partial charge < -0.3 is 5.73 Å². The minimum absolute atomic E-state index is 1.08. The zero-order valence-electron chi connectivity index (χ0n) is 6.06. The van der Waals surface area contributed by atoms with Gasteiger partial charge in [-0.25, -0.2) is 0 Å². The first-order valence-corrected chi connectivity index (χ1v) is 3.71. The van der Waals surface area contributed by atoms with Crippen LogP contribution in [0.25, 0.3) is 0 Å². The van der Waals surface area contributed by atoms with E-state index in [1.54, 1.807) is 5.57 Å². The fourth-order valence-electron chi connectivity index (χ4n) is 1.68. The van der Waals surface area contributed by atoms with Crippen LogP contribution in [0.2, 0.25) is 0 Å². The standard InChI is InChI=1S/C7H10.CH5N/c1-2-7-4-3-6(1)5-7;1-2/h1,7H,2-5H2;2H2,1H3. The van der Waals surface area contributed by atoms with Crippen molar-refractivity contribution in [2.45, 2.75) is 25.7 Å². The number of fused-ring (bicyclic) bond motifs is 2. The molecule has 0 aromatic heterocycles. The minimum atomic E-state index is 1.08. The van der Waals surface area contributed by atoms with Gasteiger partial charge in [0.2, 0.25) is 0 Å². The van der Waals surface area contributed by atoms with E-state index in [1.165, 1.54) is 32.7 Å². The summed E-state index contributed by atoms with van der Waals surface area (Å²) in [5.41, 5.74) is 6.24. The molecule has 1 saturated carbocycles. The van der Waals surface area contributed by atoms with Gasteiger partial charge in [0.15, 0.2) is 0 Å². The summed E-state index contributed by atoms with van der Waals surface area (Å²) >= 11 is 0. The van der Waals surface area contributed by atoms with Gasteiger partial charge in [-0.05, 0) is 38.6 Å². The third kappa shape index (κ3) is 1.33. The van der Waals surface area contributed by atoms with Crippen LogP contribution in [0.15, 0.2) is 11.6 Å². The molecule has 0 aromatic carbocycles. The van der Waals surface area contributed by atoms with Crippen molar-refractivity contribution in [2.75, 3.05) is 7.05 Å². The predicted octanol–water partition coefficient (Wildman–Crippen LogP) is 1.69. The molecule has 1 heteroatoms. The number of rotatable bonds is 0. The van der Waals surface area contributed by atoms with E-state index in [0.717, 1.165) is 5.92 Å². The Bertz CT molecular complexity index is 116. The SMILES string of the molecule is C1=C2CCC(C1)C2.CN. The van der Waals surface area contributed by atoms with Gasteiger partial charge in [0.05, 0.1) is 0 Å². The van der Waals surface area contributed by atoms with Gasteiger partial charge in [0, 0.05) is 0 Å². The second-order valence-corrected chi connectivity index (χ2v) is 2.71. The Morgan fingerprint density at radius 1 is 1.56 bits per heavy atom. The molecule has 0 heterocycles. The highest BCUT2D eigenvalue weighted by molar-refractivity contribution is 5.15. The molecule has 52 valence electrons. The molecule has 0 radical (unpaired) electrons. The zero-order valence-corrected chi connectivity index (χ0v) is 6.06. The van der Waals surface area contributed by atoms with E-state index in [1.807, 2.05) is 0 Å². The lowest BCUT2D eigenvalue weighted by Gasteiger charge is -1.98. The first-order valence-electron chi connectivity index (χ1n) is 3.71. The molecular formula is C8H15N. The average Bonchev–Trinajstić information content (AvgIpc) is 2.53. The van der Waals surface area contributed by atoms with E-state index in [2.05, 4.69) is 11.8 Å². The lowest BCUT2D eigenvalue weighted by atomic mass is 10.1. The Hall–Kier alpha value is -0.300. The Balaban J connectivity index is 0.000000186. The summed E-state index contributed by atoms with van der Waals surface area (Å²) in [6.45, 7) is 0. The van der Waals surface area contributed by atoms with E-state index >= 15 is 0 Å². The Morgan fingerprint density at radius 2 is 2.33 bits per heavy atom. The van der Waals surface area contributed by atoms with Gasteiger partial charge in [-0.2, -0.15) is 0 Å². The van der Waals surface area contributed by atoms with Crippen LogP contribution in [0, 0.1) is 5.92 Å². The molecule has 0 amide bonds. The maximum atomic E-state index is 4.50. The van der Waals surface area contributed by atoms with Crippen LogP contribution in [-0.4, -0.2) is 7.05 Å². The summed E-state index contributed by atoms with van der Waals surface area (Å²) < 4.78 is 0. The van der Waals surface area contributed by atoms with Crippen molar-refractivity contribution in [3.05, 3.63) is 11.6 Å². The summed E-state index contributed by atoms with van der Waals surface area (Å²) in [5.74, 6) is 1.08. The Morgan fingerprint density at radius 3 is 2.44 bits per heavy atom. The molecule has 1 atom stereocenters. The van der Waals surface area contributed by atoms with Crippen LogP contribution >= 0.6 is 0 Å². The summed E-state index contributed by atoms with van der Waals surface area (Å²) in [4.78, 5) is 0. The largest absolute Gasteiger partial charge is 0.333 e. The first-order chi connectivity index (χ1) is 4.45. The second kappa shape index (κ2) is 3.02. The van der Waals surface area contributed by atoms with Gasteiger partial charge in [0.1, 0.15) is 0 Å². The smallest absolute Gasteiger partial charge is 0.0195 e. The summed E-state index contributed by atoms with van der Waals surface area (Å²) in [6, 6.07) is 0. The van der Waals surface area contributed by atoms with Crippen LogP contribution in [0.4, 0.5) is 0 Å². The van der Waals surface area contributed by atoms with E-state index in [-0.39, 0.29) is 0 Å². The van der Waals surface area contributed by atoms with Crippen molar-refractivity contribution in [3.8, 4) is 0 Å². The number of hydrogen-bond donors (Lipinski definition) is 1. The fraction of sp³-hybridized carbons (Fsp3) is 0.750. The van der Waals surface area contributed by atoms with Crippen LogP contribution in [0.1, 0.15) is 25.7 Å². The third-order valence-electron chi connectivity index (χ3n) is 2.16. The normalized spacial score (nSPS) is 29.1. The lowest BCUT2D eigenvalue weighted by Crippen LogP contribution is -1.85. The van der Waals surface area contributed by atoms with E-state index in [4.69, 9.17) is 0 Å². The molecular weight excluding hydrogens is 110 g/mol. The van der Waals surface area contributed by atoms with Gasteiger partial charge in [-0.1, -0.05) is 11.6 Å². The fourth-order valence-corrected chi connectivity index (χ4v) is 1.68. The van der Waals surface area contributed by atoms with Gasteiger partial charge in [0.25, 0.3) is 0 Å². The summed E-state index contributed by atoms with van der Waals surface area (Å²) in [5, 5.41) is 0. The van der Waals surface area contributed by atoms with Gasteiger partial charge >= 0.3 is 0 Å². The average molecular weight is 125 g/mol. The monoisotopic (exact) mass is 125 g/mol. The molecule has 2 aliphatic rings. The summed E-state index contributed by atoms with van der Waals surface area (Å²) in [7, 11) is 1.50. The molecule has 2 rings (SSSR count). The molecule has 2 N–H and O–H groups in total. The molecule has 0 saturated heterocycles. The predicted molar refractivity (Wildman–Crippen MR) is 40.2 cm³/mol. The molecule has 9 heavy (non-hydrogen) atoms. The number of hydrogen-bond acceptors (Lipinski definition) is 1. The van der Waals surface area contributed by atoms with Crippen molar-refractivity contribution in [1.29, 1.82) is 0 Å². The third-order valence-corrected chi connectivity index (χ3v) is 2.16. The quantitative estimate of drug-likeness (QED) is 0.490. The lowest BCUT2D eigenvalue weighted by molar-refractivity contribution is 0.576. The van der Waals surface area contributed by atoms with Gasteiger partial charge in [-0.15, -0.1) is 0 Å². The van der Waals surface area contributed by atoms with Crippen LogP contribution in [-0.2, 0) is 0 Å². The Labute approximate surface area is 56.9 Å². The second-order valence-electron chi connectivity index (χ2n) is 2.71. The first kappa shape index (κ1) is 6.81.